The lowest BCUT2D eigenvalue weighted by Gasteiger charge is -2.19. The van der Waals surface area contributed by atoms with Crippen LogP contribution in [0.5, 0.6) is 0 Å². The van der Waals surface area contributed by atoms with Crippen LogP contribution in [0.25, 0.3) is 21.5 Å². The lowest BCUT2D eigenvalue weighted by atomic mass is 9.85. The van der Waals surface area contributed by atoms with Gasteiger partial charge in [-0.25, -0.2) is 0 Å². The van der Waals surface area contributed by atoms with Crippen molar-refractivity contribution in [3.05, 3.63) is 71.8 Å². The fourth-order valence-corrected chi connectivity index (χ4v) is 6.81. The first-order valence-corrected chi connectivity index (χ1v) is 11.1. The average molecular weight is 406 g/mol. The second kappa shape index (κ2) is 5.70. The van der Waals surface area contributed by atoms with Gasteiger partial charge in [0, 0.05) is 5.56 Å². The number of hydrazone groups is 1. The van der Waals surface area contributed by atoms with Gasteiger partial charge in [0.1, 0.15) is 0 Å². The van der Waals surface area contributed by atoms with E-state index < -0.39 is 0 Å². The quantitative estimate of drug-likeness (QED) is 0.265. The number of hydrogen-bond acceptors (Lipinski definition) is 3. The van der Waals surface area contributed by atoms with Gasteiger partial charge in [0.15, 0.2) is 0 Å². The molecule has 3 aromatic carbocycles. The van der Waals surface area contributed by atoms with E-state index in [1.807, 2.05) is 24.3 Å². The van der Waals surface area contributed by atoms with E-state index in [1.165, 1.54) is 10.6 Å². The van der Waals surface area contributed by atoms with Crippen LogP contribution in [-0.2, 0) is 9.59 Å². The largest absolute Gasteiger partial charge is 0.272 e. The fraction of sp³-hybridized carbons (Fsp3) is 0.296. The maximum absolute atomic E-state index is 13.3. The second-order valence-electron chi connectivity index (χ2n) is 9.58. The number of rotatable bonds is 2. The minimum absolute atomic E-state index is 0.116. The Kier molecular flexibility index (Phi) is 3.20. The zero-order valence-electron chi connectivity index (χ0n) is 17.3. The van der Waals surface area contributed by atoms with Crippen LogP contribution in [0.1, 0.15) is 24.0 Å². The molecule has 0 radical (unpaired) electrons. The topological polar surface area (TPSA) is 49.7 Å². The van der Waals surface area contributed by atoms with Crippen molar-refractivity contribution in [1.82, 2.24) is 5.01 Å². The molecule has 1 spiro atoms. The first-order chi connectivity index (χ1) is 15.1. The van der Waals surface area contributed by atoms with Crippen molar-refractivity contribution in [3.8, 4) is 0 Å². The van der Waals surface area contributed by atoms with E-state index in [0.29, 0.717) is 0 Å². The smallest absolute Gasteiger partial charge is 0.254 e. The van der Waals surface area contributed by atoms with E-state index in [2.05, 4.69) is 48.4 Å². The molecule has 1 saturated heterocycles. The fourth-order valence-electron chi connectivity index (χ4n) is 6.81. The summed E-state index contributed by atoms with van der Waals surface area (Å²) in [5.74, 6) is -0.215. The predicted octanol–water partition coefficient (Wildman–Crippen LogP) is 4.83. The van der Waals surface area contributed by atoms with Crippen LogP contribution >= 0.6 is 0 Å². The Morgan fingerprint density at radius 2 is 1.32 bits per heavy atom. The summed E-state index contributed by atoms with van der Waals surface area (Å²) in [7, 11) is 0. The summed E-state index contributed by atoms with van der Waals surface area (Å²) in [6, 6.07) is 16.5. The van der Waals surface area contributed by atoms with Gasteiger partial charge < -0.3 is 0 Å². The number of fused-ring (bicyclic) bond motifs is 5. The number of carbonyl (C=O) groups is 2. The molecule has 2 amide bonds. The lowest BCUT2D eigenvalue weighted by Crippen LogP contribution is -2.30. The molecule has 0 unspecified atom stereocenters. The van der Waals surface area contributed by atoms with Crippen LogP contribution in [0.3, 0.4) is 0 Å². The average Bonchev–Trinajstić information content (AvgIpc) is 3.40. The molecule has 0 aromatic heterocycles. The summed E-state index contributed by atoms with van der Waals surface area (Å²) in [4.78, 5) is 26.5. The number of aryl methyl sites for hydroxylation is 1. The molecule has 31 heavy (non-hydrogen) atoms. The Morgan fingerprint density at radius 1 is 0.839 bits per heavy atom. The molecule has 4 heteroatoms. The molecule has 3 fully saturated rings. The highest BCUT2D eigenvalue weighted by Crippen LogP contribution is 2.73. The van der Waals surface area contributed by atoms with E-state index >= 15 is 0 Å². The van der Waals surface area contributed by atoms with Gasteiger partial charge in [0.25, 0.3) is 11.8 Å². The van der Waals surface area contributed by atoms with Crippen molar-refractivity contribution in [2.24, 2.45) is 34.2 Å². The summed E-state index contributed by atoms with van der Waals surface area (Å²) in [6.45, 7) is 2.14. The Morgan fingerprint density at radius 3 is 1.81 bits per heavy atom. The van der Waals surface area contributed by atoms with Crippen molar-refractivity contribution >= 4 is 39.6 Å². The third-order valence-electron chi connectivity index (χ3n) is 8.37. The van der Waals surface area contributed by atoms with Crippen molar-refractivity contribution in [2.75, 3.05) is 0 Å². The predicted molar refractivity (Wildman–Crippen MR) is 120 cm³/mol. The SMILES string of the molecule is Cc1c2ccccc2c(/C=N\N2C(=O)[C@@H]3[C@H](C2=O)[C@H]2C=C[C@H]3C23CC3)c2ccccc12. The lowest BCUT2D eigenvalue weighted by molar-refractivity contribution is -0.141. The number of imide groups is 1. The van der Waals surface area contributed by atoms with E-state index in [0.717, 1.165) is 39.9 Å². The van der Waals surface area contributed by atoms with E-state index in [9.17, 15) is 9.59 Å². The van der Waals surface area contributed by atoms with Crippen LogP contribution in [-0.4, -0.2) is 23.0 Å². The van der Waals surface area contributed by atoms with Crippen molar-refractivity contribution < 1.29 is 9.59 Å². The number of nitrogens with zero attached hydrogens (tertiary/aromatic N) is 2. The number of allylic oxidation sites excluding steroid dienone is 2. The highest BCUT2D eigenvalue weighted by Gasteiger charge is 2.73. The van der Waals surface area contributed by atoms with Crippen LogP contribution in [0.2, 0.25) is 0 Å². The first-order valence-electron chi connectivity index (χ1n) is 11.1. The molecule has 2 bridgehead atoms. The summed E-state index contributed by atoms with van der Waals surface area (Å²) < 4.78 is 0. The van der Waals surface area contributed by atoms with Crippen molar-refractivity contribution in [1.29, 1.82) is 0 Å². The molecule has 3 aliphatic carbocycles. The number of hydrogen-bond donors (Lipinski definition) is 0. The number of benzene rings is 3. The summed E-state index contributed by atoms with van der Waals surface area (Å²) in [5.41, 5.74) is 2.39. The van der Waals surface area contributed by atoms with Gasteiger partial charge in [0.05, 0.1) is 18.1 Å². The van der Waals surface area contributed by atoms with Gasteiger partial charge in [-0.2, -0.15) is 10.1 Å². The first kappa shape index (κ1) is 17.4. The molecule has 2 saturated carbocycles. The van der Waals surface area contributed by atoms with Gasteiger partial charge in [-0.1, -0.05) is 60.7 Å². The van der Waals surface area contributed by atoms with Crippen molar-refractivity contribution in [3.63, 3.8) is 0 Å². The van der Waals surface area contributed by atoms with Gasteiger partial charge >= 0.3 is 0 Å². The number of amides is 2. The standard InChI is InChI=1S/C27H22N2O2/c1-15-16-6-2-4-8-18(16)20(19-9-5-3-7-17(15)19)14-28-29-25(30)23-21-10-11-22(24(23)26(29)31)27(21)12-13-27/h2-11,14,21-24H,12-13H2,1H3/b28-14-/t21-,22-,23-,24+/m1/s1. The minimum atomic E-state index is -0.214. The molecule has 3 aromatic rings. The third-order valence-corrected chi connectivity index (χ3v) is 8.37. The molecule has 7 rings (SSSR count). The van der Waals surface area contributed by atoms with Gasteiger partial charge in [0.2, 0.25) is 0 Å². The Labute approximate surface area is 180 Å². The van der Waals surface area contributed by atoms with Gasteiger partial charge in [-0.15, -0.1) is 0 Å². The molecule has 152 valence electrons. The highest BCUT2D eigenvalue weighted by molar-refractivity contribution is 6.16. The Bertz CT molecular complexity index is 1290. The molecular formula is C27H22N2O2. The van der Waals surface area contributed by atoms with Gasteiger partial charge in [-0.05, 0) is 64.1 Å². The highest BCUT2D eigenvalue weighted by atomic mass is 16.2. The zero-order valence-corrected chi connectivity index (χ0v) is 17.3. The monoisotopic (exact) mass is 406 g/mol. The summed E-state index contributed by atoms with van der Waals surface area (Å²) in [5, 5.41) is 10.2. The molecule has 0 N–H and O–H groups in total. The molecule has 4 atom stereocenters. The van der Waals surface area contributed by atoms with Crippen LogP contribution in [0.4, 0.5) is 0 Å². The second-order valence-corrected chi connectivity index (χ2v) is 9.58. The van der Waals surface area contributed by atoms with E-state index in [-0.39, 0.29) is 40.9 Å². The van der Waals surface area contributed by atoms with Crippen molar-refractivity contribution in [2.45, 2.75) is 19.8 Å². The third kappa shape index (κ3) is 2.03. The number of carbonyl (C=O) groups excluding carboxylic acids is 2. The Balaban J connectivity index is 1.34. The zero-order chi connectivity index (χ0) is 20.9. The molecule has 4 aliphatic rings. The van der Waals surface area contributed by atoms with E-state index in [4.69, 9.17) is 0 Å². The molecule has 4 nitrogen and oxygen atoms in total. The van der Waals surface area contributed by atoms with Crippen LogP contribution < -0.4 is 0 Å². The normalized spacial score (nSPS) is 29.9. The van der Waals surface area contributed by atoms with Crippen LogP contribution in [0.15, 0.2) is 65.8 Å². The molecule has 1 heterocycles. The van der Waals surface area contributed by atoms with Crippen LogP contribution in [0, 0.1) is 36.0 Å². The summed E-state index contributed by atoms with van der Waals surface area (Å²) in [6.07, 6.45) is 8.40. The molecule has 1 aliphatic heterocycles. The Hall–Kier alpha value is -3.27. The van der Waals surface area contributed by atoms with Gasteiger partial charge in [-0.3, -0.25) is 9.59 Å². The minimum Gasteiger partial charge on any atom is -0.272 e. The maximum Gasteiger partial charge on any atom is 0.254 e. The van der Waals surface area contributed by atoms with E-state index in [1.54, 1.807) is 6.21 Å². The maximum atomic E-state index is 13.3. The molecular weight excluding hydrogens is 384 g/mol. The summed E-state index contributed by atoms with van der Waals surface area (Å²) >= 11 is 0.